The van der Waals surface area contributed by atoms with Crippen molar-refractivity contribution in [2.45, 2.75) is 38.1 Å². The lowest BCUT2D eigenvalue weighted by molar-refractivity contribution is 0.0923. The Morgan fingerprint density at radius 1 is 1.42 bits per heavy atom. The van der Waals surface area contributed by atoms with Gasteiger partial charge in [0, 0.05) is 5.56 Å². The van der Waals surface area contributed by atoms with Crippen LogP contribution in [0.3, 0.4) is 0 Å². The fourth-order valence-electron chi connectivity index (χ4n) is 2.54. The monoisotopic (exact) mass is 280 g/mol. The van der Waals surface area contributed by atoms with Crippen LogP contribution in [0.25, 0.3) is 0 Å². The van der Waals surface area contributed by atoms with Gasteiger partial charge in [0.15, 0.2) is 0 Å². The van der Waals surface area contributed by atoms with Gasteiger partial charge in [0.05, 0.1) is 10.5 Å². The number of nitrogens with two attached hydrogens (primary N) is 1. The average Bonchev–Trinajstić information content (AvgIpc) is 2.82. The molecule has 0 atom stereocenters. The number of nitrogens with one attached hydrogen (secondary N) is 1. The predicted octanol–water partition coefficient (Wildman–Crippen LogP) is 2.46. The van der Waals surface area contributed by atoms with Crippen LogP contribution in [-0.4, -0.2) is 16.4 Å². The van der Waals surface area contributed by atoms with Crippen molar-refractivity contribution in [3.8, 4) is 0 Å². The Kier molecular flexibility index (Phi) is 3.85. The molecule has 0 heterocycles. The van der Waals surface area contributed by atoms with Gasteiger partial charge in [-0.3, -0.25) is 4.79 Å². The summed E-state index contributed by atoms with van der Waals surface area (Å²) in [6.45, 7) is 1.77. The SMILES string of the molecule is Cc1ccc(F)cc1C(=O)NC1(C(N)=S)CCCC1. The van der Waals surface area contributed by atoms with Gasteiger partial charge >= 0.3 is 0 Å². The molecule has 1 aliphatic rings. The number of amides is 1. The maximum Gasteiger partial charge on any atom is 0.252 e. The lowest BCUT2D eigenvalue weighted by atomic mass is 9.96. The van der Waals surface area contributed by atoms with E-state index in [2.05, 4.69) is 5.32 Å². The van der Waals surface area contributed by atoms with Crippen molar-refractivity contribution in [2.75, 3.05) is 0 Å². The van der Waals surface area contributed by atoms with Crippen LogP contribution >= 0.6 is 12.2 Å². The summed E-state index contributed by atoms with van der Waals surface area (Å²) < 4.78 is 13.2. The molecule has 0 aromatic heterocycles. The standard InChI is InChI=1S/C14H17FN2OS/c1-9-4-5-10(15)8-11(9)12(18)17-14(13(16)19)6-2-3-7-14/h4-5,8H,2-3,6-7H2,1H3,(H2,16,19)(H,17,18). The third kappa shape index (κ3) is 2.76. The van der Waals surface area contributed by atoms with Crippen LogP contribution in [0.1, 0.15) is 41.6 Å². The number of thiocarbonyl (C=S) groups is 1. The molecule has 0 unspecified atom stereocenters. The molecule has 19 heavy (non-hydrogen) atoms. The minimum absolute atomic E-state index is 0.312. The quantitative estimate of drug-likeness (QED) is 0.836. The van der Waals surface area contributed by atoms with Crippen molar-refractivity contribution >= 4 is 23.1 Å². The lowest BCUT2D eigenvalue weighted by Gasteiger charge is -2.29. The lowest BCUT2D eigenvalue weighted by Crippen LogP contribution is -2.54. The van der Waals surface area contributed by atoms with Gasteiger partial charge in [0.2, 0.25) is 0 Å². The fraction of sp³-hybridized carbons (Fsp3) is 0.429. The Morgan fingerprint density at radius 3 is 2.63 bits per heavy atom. The maximum atomic E-state index is 13.2. The molecule has 1 aromatic carbocycles. The summed E-state index contributed by atoms with van der Waals surface area (Å²) in [5, 5.41) is 2.90. The highest BCUT2D eigenvalue weighted by Gasteiger charge is 2.38. The maximum absolute atomic E-state index is 13.2. The van der Waals surface area contributed by atoms with E-state index in [0.717, 1.165) is 31.2 Å². The van der Waals surface area contributed by atoms with Gasteiger partial charge in [-0.1, -0.05) is 31.1 Å². The first-order chi connectivity index (χ1) is 8.94. The second-order valence-corrected chi connectivity index (χ2v) is 5.51. The first kappa shape index (κ1) is 13.9. The largest absolute Gasteiger partial charge is 0.391 e. The molecule has 1 aliphatic carbocycles. The molecule has 1 aromatic rings. The van der Waals surface area contributed by atoms with Crippen molar-refractivity contribution < 1.29 is 9.18 Å². The van der Waals surface area contributed by atoms with Gasteiger partial charge < -0.3 is 11.1 Å². The summed E-state index contributed by atoms with van der Waals surface area (Å²) in [5.41, 5.74) is 6.23. The van der Waals surface area contributed by atoms with Gasteiger partial charge in [0.1, 0.15) is 5.82 Å². The summed E-state index contributed by atoms with van der Waals surface area (Å²) in [4.78, 5) is 12.6. The van der Waals surface area contributed by atoms with E-state index in [1.54, 1.807) is 13.0 Å². The Balaban J connectivity index is 2.25. The number of hydrogen-bond acceptors (Lipinski definition) is 2. The van der Waals surface area contributed by atoms with Crippen LogP contribution in [0, 0.1) is 12.7 Å². The molecule has 3 nitrogen and oxygen atoms in total. The molecule has 5 heteroatoms. The van der Waals surface area contributed by atoms with E-state index in [1.807, 2.05) is 0 Å². The molecule has 1 fully saturated rings. The Labute approximate surface area is 117 Å². The third-order valence-electron chi connectivity index (χ3n) is 3.73. The Hall–Kier alpha value is -1.49. The van der Waals surface area contributed by atoms with Crippen LogP contribution in [0.4, 0.5) is 4.39 Å². The van der Waals surface area contributed by atoms with E-state index in [4.69, 9.17) is 18.0 Å². The van der Waals surface area contributed by atoms with Crippen LogP contribution in [-0.2, 0) is 0 Å². The number of benzene rings is 1. The van der Waals surface area contributed by atoms with Crippen molar-refractivity contribution in [3.05, 3.63) is 35.1 Å². The van der Waals surface area contributed by atoms with Crippen LogP contribution in [0.15, 0.2) is 18.2 Å². The van der Waals surface area contributed by atoms with Crippen molar-refractivity contribution in [1.29, 1.82) is 0 Å². The summed E-state index contributed by atoms with van der Waals surface area (Å²) in [6.07, 6.45) is 3.48. The molecule has 102 valence electrons. The van der Waals surface area contributed by atoms with Gasteiger partial charge in [-0.05, 0) is 37.5 Å². The number of rotatable bonds is 3. The molecule has 3 N–H and O–H groups in total. The second kappa shape index (κ2) is 5.25. The molecule has 1 amide bonds. The second-order valence-electron chi connectivity index (χ2n) is 5.07. The molecule has 0 bridgehead atoms. The highest BCUT2D eigenvalue weighted by molar-refractivity contribution is 7.80. The summed E-state index contributed by atoms with van der Waals surface area (Å²) in [5.74, 6) is -0.738. The van der Waals surface area contributed by atoms with Crippen LogP contribution in [0.2, 0.25) is 0 Å². The average molecular weight is 280 g/mol. The first-order valence-corrected chi connectivity index (χ1v) is 6.74. The molecular weight excluding hydrogens is 263 g/mol. The van der Waals surface area contributed by atoms with E-state index in [0.29, 0.717) is 10.6 Å². The van der Waals surface area contributed by atoms with E-state index >= 15 is 0 Å². The molecule has 0 radical (unpaired) electrons. The number of carbonyl (C=O) groups is 1. The first-order valence-electron chi connectivity index (χ1n) is 6.33. The van der Waals surface area contributed by atoms with E-state index < -0.39 is 11.4 Å². The fourth-order valence-corrected chi connectivity index (χ4v) is 2.79. The Morgan fingerprint density at radius 2 is 2.05 bits per heavy atom. The third-order valence-corrected chi connectivity index (χ3v) is 4.12. The summed E-state index contributed by atoms with van der Waals surface area (Å²) in [7, 11) is 0. The smallest absolute Gasteiger partial charge is 0.252 e. The molecule has 1 saturated carbocycles. The minimum Gasteiger partial charge on any atom is -0.391 e. The molecule has 0 spiro atoms. The van der Waals surface area contributed by atoms with Crippen molar-refractivity contribution in [2.24, 2.45) is 5.73 Å². The Bertz CT molecular complexity index is 524. The molecule has 0 saturated heterocycles. The van der Waals surface area contributed by atoms with Gasteiger partial charge in [-0.2, -0.15) is 0 Å². The molecular formula is C14H17FN2OS. The van der Waals surface area contributed by atoms with Crippen LogP contribution < -0.4 is 11.1 Å². The van der Waals surface area contributed by atoms with Crippen LogP contribution in [0.5, 0.6) is 0 Å². The van der Waals surface area contributed by atoms with E-state index in [9.17, 15) is 9.18 Å². The van der Waals surface area contributed by atoms with E-state index in [1.165, 1.54) is 12.1 Å². The zero-order valence-corrected chi connectivity index (χ0v) is 11.6. The molecule has 2 rings (SSSR count). The minimum atomic E-state index is -0.606. The zero-order valence-electron chi connectivity index (χ0n) is 10.8. The van der Waals surface area contributed by atoms with Gasteiger partial charge in [-0.25, -0.2) is 4.39 Å². The van der Waals surface area contributed by atoms with Gasteiger partial charge in [0.25, 0.3) is 5.91 Å². The number of halogens is 1. The predicted molar refractivity (Wildman–Crippen MR) is 76.6 cm³/mol. The topological polar surface area (TPSA) is 55.1 Å². The van der Waals surface area contributed by atoms with Crippen molar-refractivity contribution in [1.82, 2.24) is 5.32 Å². The number of carbonyl (C=O) groups excluding carboxylic acids is 1. The number of hydrogen-bond donors (Lipinski definition) is 2. The highest BCUT2D eigenvalue weighted by atomic mass is 32.1. The highest BCUT2D eigenvalue weighted by Crippen LogP contribution is 2.30. The van der Waals surface area contributed by atoms with E-state index in [-0.39, 0.29) is 5.91 Å². The van der Waals surface area contributed by atoms with Gasteiger partial charge in [-0.15, -0.1) is 0 Å². The number of aryl methyl sites for hydroxylation is 1. The zero-order chi connectivity index (χ0) is 14.0. The summed E-state index contributed by atoms with van der Waals surface area (Å²) in [6, 6.07) is 4.17. The normalized spacial score (nSPS) is 17.2. The van der Waals surface area contributed by atoms with Crippen molar-refractivity contribution in [3.63, 3.8) is 0 Å². The summed E-state index contributed by atoms with van der Waals surface area (Å²) >= 11 is 5.08. The molecule has 0 aliphatic heterocycles.